The molecule has 1 aliphatic rings. The minimum atomic E-state index is -0.715. The molecule has 0 aromatic rings. The van der Waals surface area contributed by atoms with Crippen molar-refractivity contribution in [2.75, 3.05) is 6.54 Å². The third-order valence-corrected chi connectivity index (χ3v) is 2.56. The van der Waals surface area contributed by atoms with E-state index < -0.39 is 5.97 Å². The second-order valence-corrected chi connectivity index (χ2v) is 3.28. The highest BCUT2D eigenvalue weighted by Crippen LogP contribution is 2.34. The van der Waals surface area contributed by atoms with Crippen LogP contribution in [0.3, 0.4) is 0 Å². The van der Waals surface area contributed by atoms with Crippen LogP contribution in [-0.4, -0.2) is 17.6 Å². The lowest BCUT2D eigenvalue weighted by Gasteiger charge is -2.32. The summed E-state index contributed by atoms with van der Waals surface area (Å²) >= 11 is 0. The van der Waals surface area contributed by atoms with Gasteiger partial charge in [0.2, 0.25) is 0 Å². The van der Waals surface area contributed by atoms with Crippen molar-refractivity contribution in [2.45, 2.75) is 25.7 Å². The second kappa shape index (κ2) is 3.72. The molecule has 1 saturated carbocycles. The molecular formula is C8H15NO2. The van der Waals surface area contributed by atoms with Gasteiger partial charge in [-0.15, -0.1) is 0 Å². The minimum absolute atomic E-state index is 0.223. The number of aliphatic carboxylic acids is 1. The van der Waals surface area contributed by atoms with Crippen molar-refractivity contribution in [3.8, 4) is 0 Å². The highest BCUT2D eigenvalue weighted by atomic mass is 16.4. The average Bonchev–Trinajstić information content (AvgIpc) is 1.81. The zero-order valence-corrected chi connectivity index (χ0v) is 6.62. The van der Waals surface area contributed by atoms with E-state index in [1.54, 1.807) is 0 Å². The third kappa shape index (κ3) is 2.19. The molecule has 0 radical (unpaired) electrons. The molecule has 3 heteroatoms. The zero-order valence-electron chi connectivity index (χ0n) is 6.62. The van der Waals surface area contributed by atoms with Gasteiger partial charge >= 0.3 is 5.97 Å². The number of carboxylic acid groups (broad SMARTS) is 1. The standard InChI is InChI=1S/C8H15NO2/c9-5-7(4-8(10)11)6-2-1-3-6/h6-7H,1-5,9H2,(H,10,11)/t7-/m0/s1. The first-order chi connectivity index (χ1) is 5.24. The summed E-state index contributed by atoms with van der Waals surface area (Å²) in [6.45, 7) is 0.525. The monoisotopic (exact) mass is 157 g/mol. The summed E-state index contributed by atoms with van der Waals surface area (Å²) in [6, 6.07) is 0. The Labute approximate surface area is 66.6 Å². The lowest BCUT2D eigenvalue weighted by Crippen LogP contribution is -2.30. The van der Waals surface area contributed by atoms with E-state index >= 15 is 0 Å². The van der Waals surface area contributed by atoms with E-state index in [1.807, 2.05) is 0 Å². The number of carboxylic acids is 1. The van der Waals surface area contributed by atoms with Gasteiger partial charge in [-0.25, -0.2) is 0 Å². The van der Waals surface area contributed by atoms with Crippen LogP contribution >= 0.6 is 0 Å². The molecular weight excluding hydrogens is 142 g/mol. The molecule has 3 N–H and O–H groups in total. The highest BCUT2D eigenvalue weighted by molar-refractivity contribution is 5.67. The Hall–Kier alpha value is -0.570. The SMILES string of the molecule is NC[C@H](CC(=O)O)C1CCC1. The molecule has 3 nitrogen and oxygen atoms in total. The van der Waals surface area contributed by atoms with Crippen molar-refractivity contribution in [1.29, 1.82) is 0 Å². The van der Waals surface area contributed by atoms with Crippen LogP contribution in [0.1, 0.15) is 25.7 Å². The molecule has 64 valence electrons. The smallest absolute Gasteiger partial charge is 0.303 e. The fourth-order valence-corrected chi connectivity index (χ4v) is 1.58. The number of carbonyl (C=O) groups is 1. The van der Waals surface area contributed by atoms with Gasteiger partial charge in [0, 0.05) is 6.42 Å². The molecule has 0 bridgehead atoms. The maximum absolute atomic E-state index is 10.4. The highest BCUT2D eigenvalue weighted by Gasteiger charge is 2.27. The molecule has 0 saturated heterocycles. The van der Waals surface area contributed by atoms with Crippen molar-refractivity contribution in [2.24, 2.45) is 17.6 Å². The van der Waals surface area contributed by atoms with E-state index in [1.165, 1.54) is 19.3 Å². The Bertz CT molecular complexity index is 143. The van der Waals surface area contributed by atoms with E-state index in [-0.39, 0.29) is 12.3 Å². The summed E-state index contributed by atoms with van der Waals surface area (Å²) in [5, 5.41) is 8.53. The van der Waals surface area contributed by atoms with Crippen molar-refractivity contribution < 1.29 is 9.90 Å². The molecule has 0 aromatic carbocycles. The van der Waals surface area contributed by atoms with Gasteiger partial charge in [0.25, 0.3) is 0 Å². The van der Waals surface area contributed by atoms with Crippen molar-refractivity contribution >= 4 is 5.97 Å². The van der Waals surface area contributed by atoms with Crippen LogP contribution in [-0.2, 0) is 4.79 Å². The molecule has 0 heterocycles. The van der Waals surface area contributed by atoms with Gasteiger partial charge < -0.3 is 10.8 Å². The Kier molecular flexibility index (Phi) is 2.88. The van der Waals surface area contributed by atoms with E-state index in [9.17, 15) is 4.79 Å². The summed E-state index contributed by atoms with van der Waals surface area (Å²) in [6.07, 6.45) is 3.85. The molecule has 1 rings (SSSR count). The van der Waals surface area contributed by atoms with Crippen LogP contribution in [0.25, 0.3) is 0 Å². The fourth-order valence-electron chi connectivity index (χ4n) is 1.58. The Balaban J connectivity index is 2.29. The summed E-state index contributed by atoms with van der Waals surface area (Å²) in [5.74, 6) is 0.102. The first-order valence-corrected chi connectivity index (χ1v) is 4.16. The summed E-state index contributed by atoms with van der Waals surface area (Å²) in [5.41, 5.74) is 5.47. The molecule has 11 heavy (non-hydrogen) atoms. The molecule has 1 aliphatic carbocycles. The van der Waals surface area contributed by atoms with E-state index in [4.69, 9.17) is 10.8 Å². The molecule has 0 spiro atoms. The summed E-state index contributed by atoms with van der Waals surface area (Å²) in [7, 11) is 0. The van der Waals surface area contributed by atoms with Crippen molar-refractivity contribution in [1.82, 2.24) is 0 Å². The van der Waals surface area contributed by atoms with E-state index in [0.717, 1.165) is 0 Å². The molecule has 1 fully saturated rings. The lowest BCUT2D eigenvalue weighted by molar-refractivity contribution is -0.138. The van der Waals surface area contributed by atoms with Crippen molar-refractivity contribution in [3.63, 3.8) is 0 Å². The average molecular weight is 157 g/mol. The number of nitrogens with two attached hydrogens (primary N) is 1. The number of hydrogen-bond donors (Lipinski definition) is 2. The molecule has 0 aliphatic heterocycles. The minimum Gasteiger partial charge on any atom is -0.481 e. The summed E-state index contributed by atoms with van der Waals surface area (Å²) in [4.78, 5) is 10.4. The first-order valence-electron chi connectivity index (χ1n) is 4.16. The fraction of sp³-hybridized carbons (Fsp3) is 0.875. The van der Waals surface area contributed by atoms with Crippen LogP contribution in [0.5, 0.6) is 0 Å². The van der Waals surface area contributed by atoms with Crippen molar-refractivity contribution in [3.05, 3.63) is 0 Å². The van der Waals surface area contributed by atoms with Gasteiger partial charge in [-0.2, -0.15) is 0 Å². The zero-order chi connectivity index (χ0) is 8.27. The predicted molar refractivity (Wildman–Crippen MR) is 42.1 cm³/mol. The van der Waals surface area contributed by atoms with Gasteiger partial charge in [0.05, 0.1) is 0 Å². The maximum atomic E-state index is 10.4. The quantitative estimate of drug-likeness (QED) is 0.635. The Morgan fingerprint density at radius 1 is 1.64 bits per heavy atom. The number of hydrogen-bond acceptors (Lipinski definition) is 2. The van der Waals surface area contributed by atoms with Crippen LogP contribution in [0.15, 0.2) is 0 Å². The van der Waals surface area contributed by atoms with Crippen LogP contribution in [0, 0.1) is 11.8 Å². The Morgan fingerprint density at radius 3 is 2.55 bits per heavy atom. The van der Waals surface area contributed by atoms with E-state index in [2.05, 4.69) is 0 Å². The molecule has 0 amide bonds. The van der Waals surface area contributed by atoms with E-state index in [0.29, 0.717) is 12.5 Å². The van der Waals surface area contributed by atoms with Crippen LogP contribution < -0.4 is 5.73 Å². The normalized spacial score (nSPS) is 20.8. The summed E-state index contributed by atoms with van der Waals surface area (Å²) < 4.78 is 0. The molecule has 1 atom stereocenters. The second-order valence-electron chi connectivity index (χ2n) is 3.28. The van der Waals surface area contributed by atoms with Gasteiger partial charge in [0.1, 0.15) is 0 Å². The molecule has 0 aromatic heterocycles. The Morgan fingerprint density at radius 2 is 2.27 bits per heavy atom. The van der Waals surface area contributed by atoms with Gasteiger partial charge in [-0.3, -0.25) is 4.79 Å². The maximum Gasteiger partial charge on any atom is 0.303 e. The topological polar surface area (TPSA) is 63.3 Å². The van der Waals surface area contributed by atoms with Crippen LogP contribution in [0.4, 0.5) is 0 Å². The van der Waals surface area contributed by atoms with Crippen LogP contribution in [0.2, 0.25) is 0 Å². The van der Waals surface area contributed by atoms with Gasteiger partial charge in [0.15, 0.2) is 0 Å². The van der Waals surface area contributed by atoms with Gasteiger partial charge in [-0.1, -0.05) is 19.3 Å². The largest absolute Gasteiger partial charge is 0.481 e. The lowest BCUT2D eigenvalue weighted by atomic mass is 9.74. The predicted octanol–water partition coefficient (Wildman–Crippen LogP) is 0.836. The number of rotatable bonds is 4. The molecule has 0 unspecified atom stereocenters. The van der Waals surface area contributed by atoms with Gasteiger partial charge in [-0.05, 0) is 18.4 Å². The third-order valence-electron chi connectivity index (χ3n) is 2.56. The first kappa shape index (κ1) is 8.53.